The first-order valence-corrected chi connectivity index (χ1v) is 8.83. The molecule has 6 nitrogen and oxygen atoms in total. The minimum absolute atomic E-state index is 0.318. The van der Waals surface area contributed by atoms with E-state index in [1.165, 1.54) is 0 Å². The van der Waals surface area contributed by atoms with Crippen LogP contribution in [0.2, 0.25) is 0 Å². The quantitative estimate of drug-likeness (QED) is 0.829. The predicted octanol–water partition coefficient (Wildman–Crippen LogP) is 2.35. The number of rotatable bonds is 2. The van der Waals surface area contributed by atoms with Gasteiger partial charge in [-0.15, -0.1) is 0 Å². The van der Waals surface area contributed by atoms with Gasteiger partial charge in [0.25, 0.3) is 11.1 Å². The Kier molecular flexibility index (Phi) is 4.07. The molecule has 3 aliphatic rings. The lowest BCUT2D eigenvalue weighted by atomic mass is 10.0. The molecule has 4 rings (SSSR count). The summed E-state index contributed by atoms with van der Waals surface area (Å²) in [4.78, 5) is 25.5. The van der Waals surface area contributed by atoms with E-state index >= 15 is 0 Å². The third-order valence-electron chi connectivity index (χ3n) is 4.54. The Balaban J connectivity index is 1.42. The van der Waals surface area contributed by atoms with Crippen molar-refractivity contribution in [3.63, 3.8) is 0 Å². The van der Waals surface area contributed by atoms with Crippen LogP contribution in [0.3, 0.4) is 0 Å². The number of amides is 2. The number of carbonyl (C=O) groups excluding carboxylic acids is 2. The number of benzene rings is 1. The van der Waals surface area contributed by atoms with Crippen LogP contribution >= 0.6 is 11.8 Å². The molecule has 0 aromatic heterocycles. The van der Waals surface area contributed by atoms with Crippen molar-refractivity contribution in [3.8, 4) is 0 Å². The second-order valence-corrected chi connectivity index (χ2v) is 7.05. The molecule has 0 bridgehead atoms. The average Bonchev–Trinajstić information content (AvgIpc) is 3.16. The van der Waals surface area contributed by atoms with Crippen LogP contribution < -0.4 is 10.2 Å². The molecule has 3 aliphatic heterocycles. The van der Waals surface area contributed by atoms with Crippen molar-refractivity contribution < 1.29 is 19.1 Å². The van der Waals surface area contributed by atoms with Crippen molar-refractivity contribution in [1.29, 1.82) is 0 Å². The normalized spacial score (nSPS) is 24.8. The minimum Gasteiger partial charge on any atom is -0.371 e. The lowest BCUT2D eigenvalue weighted by Crippen LogP contribution is -2.45. The Labute approximate surface area is 144 Å². The van der Waals surface area contributed by atoms with Gasteiger partial charge in [0.1, 0.15) is 0 Å². The Bertz CT molecular complexity index is 685. The molecule has 3 fully saturated rings. The molecule has 3 saturated heterocycles. The highest BCUT2D eigenvalue weighted by molar-refractivity contribution is 8.18. The van der Waals surface area contributed by atoms with Crippen molar-refractivity contribution in [2.45, 2.75) is 18.6 Å². The van der Waals surface area contributed by atoms with Gasteiger partial charge in [-0.05, 0) is 35.5 Å². The number of ether oxygens (including phenoxy) is 2. The molecule has 24 heavy (non-hydrogen) atoms. The summed E-state index contributed by atoms with van der Waals surface area (Å²) in [6, 6.07) is 8.01. The van der Waals surface area contributed by atoms with Crippen LogP contribution in [0.1, 0.15) is 18.4 Å². The van der Waals surface area contributed by atoms with Crippen molar-refractivity contribution in [1.82, 2.24) is 5.32 Å². The van der Waals surface area contributed by atoms with Crippen LogP contribution in [-0.4, -0.2) is 43.2 Å². The number of piperidine rings is 1. The maximum absolute atomic E-state index is 11.6. The maximum atomic E-state index is 11.6. The zero-order valence-electron chi connectivity index (χ0n) is 13.1. The van der Waals surface area contributed by atoms with E-state index in [2.05, 4.69) is 10.2 Å². The molecule has 1 spiro atoms. The topological polar surface area (TPSA) is 67.9 Å². The molecule has 0 saturated carbocycles. The van der Waals surface area contributed by atoms with Crippen molar-refractivity contribution in [3.05, 3.63) is 34.7 Å². The van der Waals surface area contributed by atoms with E-state index in [-0.39, 0.29) is 16.9 Å². The van der Waals surface area contributed by atoms with Gasteiger partial charge >= 0.3 is 0 Å². The highest BCUT2D eigenvalue weighted by Gasteiger charge is 2.39. The highest BCUT2D eigenvalue weighted by atomic mass is 32.2. The Hall–Kier alpha value is -1.83. The second kappa shape index (κ2) is 6.23. The van der Waals surface area contributed by atoms with Crippen molar-refractivity contribution in [2.24, 2.45) is 0 Å². The zero-order chi connectivity index (χ0) is 16.6. The summed E-state index contributed by atoms with van der Waals surface area (Å²) in [5, 5.41) is 1.94. The molecule has 7 heteroatoms. The van der Waals surface area contributed by atoms with E-state index in [9.17, 15) is 9.59 Å². The summed E-state index contributed by atoms with van der Waals surface area (Å²) in [5.41, 5.74) is 2.05. The van der Waals surface area contributed by atoms with Crippen LogP contribution in [0.25, 0.3) is 6.08 Å². The summed E-state index contributed by atoms with van der Waals surface area (Å²) >= 11 is 0.935. The van der Waals surface area contributed by atoms with Crippen LogP contribution in [0.5, 0.6) is 0 Å². The molecular formula is C17H18N2O4S. The van der Waals surface area contributed by atoms with Gasteiger partial charge in [0.05, 0.1) is 18.1 Å². The first-order valence-electron chi connectivity index (χ1n) is 8.01. The van der Waals surface area contributed by atoms with E-state index in [0.717, 1.165) is 48.9 Å². The van der Waals surface area contributed by atoms with Gasteiger partial charge in [0.2, 0.25) is 0 Å². The SMILES string of the molecule is O=C1NC(=O)/C(=C/c2ccc(N3CCC4(CC3)OCCO4)cc2)S1. The first-order chi connectivity index (χ1) is 11.6. The summed E-state index contributed by atoms with van der Waals surface area (Å²) in [5.74, 6) is -0.688. The summed E-state index contributed by atoms with van der Waals surface area (Å²) in [6.45, 7) is 3.18. The molecule has 1 aromatic rings. The number of nitrogens with zero attached hydrogens (tertiary/aromatic N) is 1. The smallest absolute Gasteiger partial charge is 0.290 e. The lowest BCUT2D eigenvalue weighted by molar-refractivity contribution is -0.169. The molecule has 0 aliphatic carbocycles. The molecule has 2 amide bonds. The fraction of sp³-hybridized carbons (Fsp3) is 0.412. The monoisotopic (exact) mass is 346 g/mol. The molecule has 3 heterocycles. The first kappa shape index (κ1) is 15.7. The highest BCUT2D eigenvalue weighted by Crippen LogP contribution is 2.33. The van der Waals surface area contributed by atoms with Gasteiger partial charge in [-0.1, -0.05) is 12.1 Å². The second-order valence-electron chi connectivity index (χ2n) is 6.04. The van der Waals surface area contributed by atoms with Crippen LogP contribution in [-0.2, 0) is 14.3 Å². The van der Waals surface area contributed by atoms with Gasteiger partial charge < -0.3 is 14.4 Å². The Morgan fingerprint density at radius 3 is 2.33 bits per heavy atom. The predicted molar refractivity (Wildman–Crippen MR) is 91.6 cm³/mol. The van der Waals surface area contributed by atoms with E-state index in [1.807, 2.05) is 24.3 Å². The summed E-state index contributed by atoms with van der Waals surface area (Å²) < 4.78 is 11.5. The third kappa shape index (κ3) is 3.07. The molecule has 0 atom stereocenters. The molecular weight excluding hydrogens is 328 g/mol. The lowest BCUT2D eigenvalue weighted by Gasteiger charge is -2.38. The van der Waals surface area contributed by atoms with E-state index in [0.29, 0.717) is 18.1 Å². The maximum Gasteiger partial charge on any atom is 0.290 e. The number of anilines is 1. The third-order valence-corrected chi connectivity index (χ3v) is 5.35. The zero-order valence-corrected chi connectivity index (χ0v) is 13.9. The van der Waals surface area contributed by atoms with Gasteiger partial charge in [-0.25, -0.2) is 0 Å². The summed E-state index contributed by atoms with van der Waals surface area (Å²) in [6.07, 6.45) is 3.48. The number of thioether (sulfide) groups is 1. The molecule has 0 radical (unpaired) electrons. The Morgan fingerprint density at radius 1 is 1.08 bits per heavy atom. The largest absolute Gasteiger partial charge is 0.371 e. The molecule has 0 unspecified atom stereocenters. The molecule has 1 aromatic carbocycles. The number of imide groups is 1. The number of hydrogen-bond acceptors (Lipinski definition) is 6. The standard InChI is InChI=1S/C17H18N2O4S/c20-15-14(24-16(21)18-15)11-12-1-3-13(4-2-12)19-7-5-17(6-8-19)22-9-10-23-17/h1-4,11H,5-10H2,(H,18,20,21)/b14-11-. The number of carbonyl (C=O) groups is 2. The van der Waals surface area contributed by atoms with Gasteiger partial charge in [0, 0.05) is 31.6 Å². The molecule has 1 N–H and O–H groups in total. The van der Waals surface area contributed by atoms with E-state index < -0.39 is 0 Å². The number of nitrogens with one attached hydrogen (secondary N) is 1. The van der Waals surface area contributed by atoms with Gasteiger partial charge in [-0.3, -0.25) is 14.9 Å². The van der Waals surface area contributed by atoms with Gasteiger partial charge in [0.15, 0.2) is 5.79 Å². The van der Waals surface area contributed by atoms with Crippen LogP contribution in [0.15, 0.2) is 29.2 Å². The average molecular weight is 346 g/mol. The fourth-order valence-electron chi connectivity index (χ4n) is 3.25. The molecule has 126 valence electrons. The van der Waals surface area contributed by atoms with Crippen molar-refractivity contribution >= 4 is 34.7 Å². The van der Waals surface area contributed by atoms with E-state index in [1.54, 1.807) is 6.08 Å². The minimum atomic E-state index is -0.361. The fourth-order valence-corrected chi connectivity index (χ4v) is 3.93. The number of hydrogen-bond donors (Lipinski definition) is 1. The summed E-state index contributed by atoms with van der Waals surface area (Å²) in [7, 11) is 0. The Morgan fingerprint density at radius 2 is 1.75 bits per heavy atom. The van der Waals surface area contributed by atoms with Crippen LogP contribution in [0.4, 0.5) is 10.5 Å². The van der Waals surface area contributed by atoms with Crippen LogP contribution in [0, 0.1) is 0 Å². The van der Waals surface area contributed by atoms with E-state index in [4.69, 9.17) is 9.47 Å². The van der Waals surface area contributed by atoms with Gasteiger partial charge in [-0.2, -0.15) is 0 Å². The van der Waals surface area contributed by atoms with Crippen molar-refractivity contribution in [2.75, 3.05) is 31.2 Å².